The van der Waals surface area contributed by atoms with E-state index in [0.717, 1.165) is 6.42 Å². The number of carbonyl (C=O) groups is 2. The van der Waals surface area contributed by atoms with Crippen LogP contribution in [-0.2, 0) is 28.5 Å². The summed E-state index contributed by atoms with van der Waals surface area (Å²) in [4.78, 5) is 21.7. The van der Waals surface area contributed by atoms with Crippen molar-refractivity contribution in [2.24, 2.45) is 11.3 Å². The van der Waals surface area contributed by atoms with Gasteiger partial charge in [-0.15, -0.1) is 12.8 Å². The molecular formula is C22H30O6. The van der Waals surface area contributed by atoms with Crippen LogP contribution in [0.1, 0.15) is 40.0 Å². The highest BCUT2D eigenvalue weighted by Crippen LogP contribution is 2.35. The minimum Gasteiger partial charge on any atom is -0.498 e. The highest BCUT2D eigenvalue weighted by atomic mass is 16.5. The first kappa shape index (κ1) is 25.1. The lowest BCUT2D eigenvalue weighted by Crippen LogP contribution is -2.22. The van der Waals surface area contributed by atoms with E-state index in [0.29, 0.717) is 37.6 Å². The number of allylic oxidation sites excluding steroid dienone is 2. The number of ether oxygens (including phenoxy) is 4. The topological polar surface area (TPSA) is 71.1 Å². The van der Waals surface area contributed by atoms with E-state index in [9.17, 15) is 9.59 Å². The fraction of sp³-hybridized carbons (Fsp3) is 0.545. The van der Waals surface area contributed by atoms with E-state index in [1.54, 1.807) is 0 Å². The van der Waals surface area contributed by atoms with Crippen LogP contribution in [-0.4, -0.2) is 38.4 Å². The normalized spacial score (nSPS) is 11.3. The van der Waals surface area contributed by atoms with Crippen molar-refractivity contribution in [1.29, 1.82) is 0 Å². The van der Waals surface area contributed by atoms with Gasteiger partial charge in [0.25, 0.3) is 0 Å². The Labute approximate surface area is 168 Å². The summed E-state index contributed by atoms with van der Waals surface area (Å²) in [5, 5.41) is 0. The average molecular weight is 390 g/mol. The Morgan fingerprint density at radius 3 is 1.79 bits per heavy atom. The summed E-state index contributed by atoms with van der Waals surface area (Å²) in [5.74, 6) is 3.75. The molecule has 6 heteroatoms. The maximum absolute atomic E-state index is 10.8. The number of rotatable bonds is 14. The van der Waals surface area contributed by atoms with Crippen LogP contribution in [0, 0.1) is 36.0 Å². The predicted molar refractivity (Wildman–Crippen MR) is 107 cm³/mol. The standard InChI is InChI=1S/C22H30O6/c1-8-20(23)27-14-10-12-25-18(4)17(3)16-22(6,7)19(5)26-13-11-15-28-21(24)9-2/h1-2,17H,4-5,10-16H2,3,6-7H3. The zero-order chi connectivity index (χ0) is 21.6. The molecule has 0 aliphatic rings. The molecule has 0 amide bonds. The zero-order valence-electron chi connectivity index (χ0n) is 17.0. The van der Waals surface area contributed by atoms with Gasteiger partial charge in [0, 0.05) is 36.0 Å². The summed E-state index contributed by atoms with van der Waals surface area (Å²) in [5.41, 5.74) is -0.302. The van der Waals surface area contributed by atoms with Crippen molar-refractivity contribution in [2.45, 2.75) is 40.0 Å². The molecule has 0 saturated carbocycles. The van der Waals surface area contributed by atoms with Gasteiger partial charge >= 0.3 is 11.9 Å². The van der Waals surface area contributed by atoms with Crippen LogP contribution in [0.2, 0.25) is 0 Å². The van der Waals surface area contributed by atoms with Gasteiger partial charge in [0.05, 0.1) is 37.9 Å². The summed E-state index contributed by atoms with van der Waals surface area (Å²) in [6.45, 7) is 15.2. The molecule has 0 fully saturated rings. The van der Waals surface area contributed by atoms with Crippen LogP contribution in [0.15, 0.2) is 24.7 Å². The number of hydrogen-bond acceptors (Lipinski definition) is 6. The van der Waals surface area contributed by atoms with Crippen molar-refractivity contribution in [1.82, 2.24) is 0 Å². The summed E-state index contributed by atoms with van der Waals surface area (Å²) in [6.07, 6.45) is 11.6. The van der Waals surface area contributed by atoms with Crippen molar-refractivity contribution in [2.75, 3.05) is 26.4 Å². The average Bonchev–Trinajstić information content (AvgIpc) is 2.65. The maximum atomic E-state index is 10.8. The smallest absolute Gasteiger partial charge is 0.384 e. The van der Waals surface area contributed by atoms with Crippen LogP contribution >= 0.6 is 0 Å². The molecule has 0 bridgehead atoms. The molecule has 0 aliphatic carbocycles. The van der Waals surface area contributed by atoms with Crippen molar-refractivity contribution < 1.29 is 28.5 Å². The van der Waals surface area contributed by atoms with Crippen molar-refractivity contribution in [3.05, 3.63) is 24.7 Å². The second-order valence-electron chi connectivity index (χ2n) is 6.84. The Hall–Kier alpha value is -2.86. The molecule has 28 heavy (non-hydrogen) atoms. The first-order valence-electron chi connectivity index (χ1n) is 9.04. The minimum atomic E-state index is -0.680. The van der Waals surface area contributed by atoms with E-state index in [2.05, 4.69) is 13.2 Å². The number of terminal acetylenes is 2. The molecule has 154 valence electrons. The second kappa shape index (κ2) is 13.3. The van der Waals surface area contributed by atoms with E-state index < -0.39 is 11.9 Å². The largest absolute Gasteiger partial charge is 0.498 e. The molecule has 0 aromatic carbocycles. The summed E-state index contributed by atoms with van der Waals surface area (Å²) in [6, 6.07) is 0. The monoisotopic (exact) mass is 390 g/mol. The first-order valence-corrected chi connectivity index (χ1v) is 9.04. The molecule has 0 saturated heterocycles. The van der Waals surface area contributed by atoms with E-state index in [4.69, 9.17) is 31.8 Å². The summed E-state index contributed by atoms with van der Waals surface area (Å²) < 4.78 is 20.8. The summed E-state index contributed by atoms with van der Waals surface area (Å²) in [7, 11) is 0. The van der Waals surface area contributed by atoms with E-state index in [-0.39, 0.29) is 24.5 Å². The van der Waals surface area contributed by atoms with Crippen LogP contribution in [0.4, 0.5) is 0 Å². The molecule has 1 atom stereocenters. The molecule has 0 rings (SSSR count). The van der Waals surface area contributed by atoms with E-state index >= 15 is 0 Å². The molecular weight excluding hydrogens is 360 g/mol. The van der Waals surface area contributed by atoms with Gasteiger partial charge in [0.2, 0.25) is 0 Å². The third-order valence-electron chi connectivity index (χ3n) is 3.96. The highest BCUT2D eigenvalue weighted by Gasteiger charge is 2.27. The third kappa shape index (κ3) is 11.0. The predicted octanol–water partition coefficient (Wildman–Crippen LogP) is 3.23. The lowest BCUT2D eigenvalue weighted by Gasteiger charge is -2.30. The number of hydrogen-bond donors (Lipinski definition) is 0. The Morgan fingerprint density at radius 2 is 1.32 bits per heavy atom. The molecule has 0 radical (unpaired) electrons. The maximum Gasteiger partial charge on any atom is 0.384 e. The lowest BCUT2D eigenvalue weighted by molar-refractivity contribution is -0.137. The van der Waals surface area contributed by atoms with Crippen LogP contribution in [0.3, 0.4) is 0 Å². The molecule has 0 aromatic rings. The van der Waals surface area contributed by atoms with Gasteiger partial charge in [0.15, 0.2) is 0 Å². The van der Waals surface area contributed by atoms with Gasteiger partial charge in [-0.3, -0.25) is 0 Å². The van der Waals surface area contributed by atoms with Crippen LogP contribution in [0.5, 0.6) is 0 Å². The molecule has 0 N–H and O–H groups in total. The molecule has 6 nitrogen and oxygen atoms in total. The Balaban J connectivity index is 4.14. The van der Waals surface area contributed by atoms with Crippen molar-refractivity contribution in [3.63, 3.8) is 0 Å². The Morgan fingerprint density at radius 1 is 0.893 bits per heavy atom. The highest BCUT2D eigenvalue weighted by molar-refractivity contribution is 5.87. The van der Waals surface area contributed by atoms with Gasteiger partial charge in [-0.05, 0) is 6.42 Å². The van der Waals surface area contributed by atoms with Crippen molar-refractivity contribution in [3.8, 4) is 24.7 Å². The zero-order valence-corrected chi connectivity index (χ0v) is 17.0. The second-order valence-corrected chi connectivity index (χ2v) is 6.84. The SMILES string of the molecule is C#CC(=O)OCCCOC(=C)C(C)CC(C)(C)C(=C)OCCCOC(=O)C#C. The first-order chi connectivity index (χ1) is 13.1. The fourth-order valence-electron chi connectivity index (χ4n) is 2.26. The quantitative estimate of drug-likeness (QED) is 0.149. The van der Waals surface area contributed by atoms with Gasteiger partial charge in [0.1, 0.15) is 0 Å². The lowest BCUT2D eigenvalue weighted by atomic mass is 9.81. The van der Waals surface area contributed by atoms with Gasteiger partial charge < -0.3 is 18.9 Å². The van der Waals surface area contributed by atoms with E-state index in [1.807, 2.05) is 32.6 Å². The minimum absolute atomic E-state index is 0.0696. The van der Waals surface area contributed by atoms with Gasteiger partial charge in [-0.1, -0.05) is 33.9 Å². The molecule has 0 aromatic heterocycles. The van der Waals surface area contributed by atoms with Crippen molar-refractivity contribution >= 4 is 11.9 Å². The summed E-state index contributed by atoms with van der Waals surface area (Å²) >= 11 is 0. The molecule has 1 unspecified atom stereocenters. The number of esters is 2. The van der Waals surface area contributed by atoms with Crippen LogP contribution in [0.25, 0.3) is 0 Å². The number of carbonyl (C=O) groups excluding carboxylic acids is 2. The molecule has 0 heterocycles. The van der Waals surface area contributed by atoms with E-state index in [1.165, 1.54) is 0 Å². The molecule has 0 spiro atoms. The molecule has 0 aliphatic heterocycles. The third-order valence-corrected chi connectivity index (χ3v) is 3.96. The van der Waals surface area contributed by atoms with Crippen LogP contribution < -0.4 is 0 Å². The van der Waals surface area contributed by atoms with Gasteiger partial charge in [-0.2, -0.15) is 0 Å². The van der Waals surface area contributed by atoms with Gasteiger partial charge in [-0.25, -0.2) is 9.59 Å². The Kier molecular flexibility index (Phi) is 12.0. The Bertz CT molecular complexity index is 632. The fourth-order valence-corrected chi connectivity index (χ4v) is 2.26.